The number of amides is 1. The maximum absolute atomic E-state index is 11.9. The molecule has 15 heavy (non-hydrogen) atoms. The summed E-state index contributed by atoms with van der Waals surface area (Å²) in [6.07, 6.45) is 0. The van der Waals surface area contributed by atoms with E-state index < -0.39 is 0 Å². The first kappa shape index (κ1) is 12.5. The normalized spacial score (nSPS) is 11.3. The van der Waals surface area contributed by atoms with Gasteiger partial charge in [0.2, 0.25) is 0 Å². The van der Waals surface area contributed by atoms with Gasteiger partial charge in [-0.25, -0.2) is 0 Å². The fraction of sp³-hybridized carbons (Fsp3) is 0.417. The van der Waals surface area contributed by atoms with E-state index in [-0.39, 0.29) is 11.4 Å². The van der Waals surface area contributed by atoms with Crippen LogP contribution in [0.15, 0.2) is 18.2 Å². The molecular formula is C12H16INO. The van der Waals surface area contributed by atoms with Crippen molar-refractivity contribution in [3.8, 4) is 0 Å². The Morgan fingerprint density at radius 2 is 1.93 bits per heavy atom. The van der Waals surface area contributed by atoms with Gasteiger partial charge < -0.3 is 5.32 Å². The van der Waals surface area contributed by atoms with Crippen molar-refractivity contribution in [1.29, 1.82) is 0 Å². The Labute approximate surface area is 105 Å². The van der Waals surface area contributed by atoms with Gasteiger partial charge in [-0.2, -0.15) is 0 Å². The zero-order valence-corrected chi connectivity index (χ0v) is 11.7. The Bertz CT molecular complexity index is 380. The first-order valence-corrected chi connectivity index (χ1v) is 5.96. The minimum Gasteiger partial charge on any atom is -0.347 e. The van der Waals surface area contributed by atoms with Crippen LogP contribution in [-0.4, -0.2) is 11.4 Å². The van der Waals surface area contributed by atoms with Crippen LogP contribution in [0, 0.1) is 10.5 Å². The topological polar surface area (TPSA) is 29.1 Å². The van der Waals surface area contributed by atoms with Crippen molar-refractivity contribution in [2.75, 3.05) is 0 Å². The Morgan fingerprint density at radius 3 is 2.47 bits per heavy atom. The molecule has 0 aliphatic rings. The number of carbonyl (C=O) groups excluding carboxylic acids is 1. The van der Waals surface area contributed by atoms with Gasteiger partial charge in [0.05, 0.1) is 0 Å². The van der Waals surface area contributed by atoms with E-state index in [4.69, 9.17) is 0 Å². The Balaban J connectivity index is 2.96. The molecule has 2 nitrogen and oxygen atoms in total. The van der Waals surface area contributed by atoms with E-state index in [1.807, 2.05) is 45.9 Å². The van der Waals surface area contributed by atoms with Crippen LogP contribution < -0.4 is 5.32 Å². The summed E-state index contributed by atoms with van der Waals surface area (Å²) in [5.74, 6) is -0.00137. The summed E-state index contributed by atoms with van der Waals surface area (Å²) >= 11 is 2.21. The highest BCUT2D eigenvalue weighted by atomic mass is 127. The second kappa shape index (κ2) is 4.51. The average molecular weight is 317 g/mol. The highest BCUT2D eigenvalue weighted by Gasteiger charge is 2.16. The summed E-state index contributed by atoms with van der Waals surface area (Å²) in [7, 11) is 0. The molecule has 3 heteroatoms. The average Bonchev–Trinajstić information content (AvgIpc) is 2.06. The number of carbonyl (C=O) groups is 1. The first-order valence-electron chi connectivity index (χ1n) is 4.88. The summed E-state index contributed by atoms with van der Waals surface area (Å²) in [5.41, 5.74) is 1.58. The second-order valence-electron chi connectivity index (χ2n) is 4.66. The predicted octanol–water partition coefficient (Wildman–Crippen LogP) is 3.13. The lowest BCUT2D eigenvalue weighted by atomic mass is 10.1. The van der Waals surface area contributed by atoms with Crippen molar-refractivity contribution in [3.05, 3.63) is 32.9 Å². The van der Waals surface area contributed by atoms with Gasteiger partial charge in [-0.05, 0) is 68.0 Å². The zero-order valence-electron chi connectivity index (χ0n) is 9.52. The molecule has 0 radical (unpaired) electrons. The highest BCUT2D eigenvalue weighted by Crippen LogP contribution is 2.14. The van der Waals surface area contributed by atoms with Crippen LogP contribution in [0.25, 0.3) is 0 Å². The van der Waals surface area contributed by atoms with E-state index in [1.165, 1.54) is 0 Å². The maximum atomic E-state index is 11.9. The van der Waals surface area contributed by atoms with Crippen LogP contribution in [0.1, 0.15) is 36.7 Å². The first-order chi connectivity index (χ1) is 6.79. The number of hydrogen-bond acceptors (Lipinski definition) is 1. The summed E-state index contributed by atoms with van der Waals surface area (Å²) in [6, 6.07) is 5.89. The molecule has 82 valence electrons. The minimum absolute atomic E-state index is 0.00137. The Morgan fingerprint density at radius 1 is 1.33 bits per heavy atom. The molecule has 1 rings (SSSR count). The molecule has 1 N–H and O–H groups in total. The number of benzene rings is 1. The fourth-order valence-electron chi connectivity index (χ4n) is 1.25. The molecule has 1 aromatic carbocycles. The number of halogens is 1. The minimum atomic E-state index is -0.190. The van der Waals surface area contributed by atoms with Crippen LogP contribution in [0.2, 0.25) is 0 Å². The third-order valence-electron chi connectivity index (χ3n) is 1.93. The van der Waals surface area contributed by atoms with E-state index in [2.05, 4.69) is 27.9 Å². The van der Waals surface area contributed by atoms with E-state index in [1.54, 1.807) is 0 Å². The van der Waals surface area contributed by atoms with E-state index >= 15 is 0 Å². The Kier molecular flexibility index (Phi) is 3.76. The molecule has 0 fully saturated rings. The summed E-state index contributed by atoms with van der Waals surface area (Å²) in [5, 5.41) is 2.96. The van der Waals surface area contributed by atoms with Gasteiger partial charge in [-0.15, -0.1) is 0 Å². The zero-order chi connectivity index (χ0) is 11.6. The number of hydrogen-bond donors (Lipinski definition) is 1. The maximum Gasteiger partial charge on any atom is 0.251 e. The van der Waals surface area contributed by atoms with Gasteiger partial charge in [-0.1, -0.05) is 6.07 Å². The van der Waals surface area contributed by atoms with Crippen LogP contribution in [-0.2, 0) is 0 Å². The van der Waals surface area contributed by atoms with Crippen molar-refractivity contribution in [2.45, 2.75) is 33.2 Å². The quantitative estimate of drug-likeness (QED) is 0.792. The standard InChI is InChI=1S/C12H16INO/c1-8-5-6-9(13)7-10(8)11(15)14-12(2,3)4/h5-7H,1-4H3,(H,14,15). The van der Waals surface area contributed by atoms with E-state index in [0.29, 0.717) is 0 Å². The fourth-order valence-corrected chi connectivity index (χ4v) is 1.74. The summed E-state index contributed by atoms with van der Waals surface area (Å²) in [6.45, 7) is 7.89. The molecular weight excluding hydrogens is 301 g/mol. The smallest absolute Gasteiger partial charge is 0.251 e. The molecule has 1 aromatic rings. The van der Waals surface area contributed by atoms with Crippen LogP contribution in [0.4, 0.5) is 0 Å². The molecule has 0 saturated carbocycles. The number of nitrogens with one attached hydrogen (secondary N) is 1. The van der Waals surface area contributed by atoms with Gasteiger partial charge >= 0.3 is 0 Å². The van der Waals surface area contributed by atoms with Crippen LogP contribution in [0.3, 0.4) is 0 Å². The summed E-state index contributed by atoms with van der Waals surface area (Å²) < 4.78 is 1.08. The largest absolute Gasteiger partial charge is 0.347 e. The van der Waals surface area contributed by atoms with Crippen molar-refractivity contribution in [1.82, 2.24) is 5.32 Å². The molecule has 0 spiro atoms. The lowest BCUT2D eigenvalue weighted by Crippen LogP contribution is -2.40. The van der Waals surface area contributed by atoms with Crippen LogP contribution >= 0.6 is 22.6 Å². The van der Waals surface area contributed by atoms with E-state index in [0.717, 1.165) is 14.7 Å². The Hall–Kier alpha value is -0.580. The molecule has 0 unspecified atom stereocenters. The molecule has 0 aliphatic carbocycles. The molecule has 0 aliphatic heterocycles. The molecule has 0 aromatic heterocycles. The van der Waals surface area contributed by atoms with Crippen molar-refractivity contribution in [3.63, 3.8) is 0 Å². The van der Waals surface area contributed by atoms with E-state index in [9.17, 15) is 4.79 Å². The van der Waals surface area contributed by atoms with Crippen molar-refractivity contribution >= 4 is 28.5 Å². The second-order valence-corrected chi connectivity index (χ2v) is 5.91. The van der Waals surface area contributed by atoms with Gasteiger partial charge in [0.25, 0.3) is 5.91 Å². The van der Waals surface area contributed by atoms with Crippen molar-refractivity contribution < 1.29 is 4.79 Å². The van der Waals surface area contributed by atoms with Crippen LogP contribution in [0.5, 0.6) is 0 Å². The predicted molar refractivity (Wildman–Crippen MR) is 71.1 cm³/mol. The monoisotopic (exact) mass is 317 g/mol. The summed E-state index contributed by atoms with van der Waals surface area (Å²) in [4.78, 5) is 11.9. The third-order valence-corrected chi connectivity index (χ3v) is 2.60. The van der Waals surface area contributed by atoms with Crippen molar-refractivity contribution in [2.24, 2.45) is 0 Å². The molecule has 0 saturated heterocycles. The van der Waals surface area contributed by atoms with Gasteiger partial charge in [0.15, 0.2) is 0 Å². The lowest BCUT2D eigenvalue weighted by molar-refractivity contribution is 0.0919. The third kappa shape index (κ3) is 3.81. The van der Waals surface area contributed by atoms with Gasteiger partial charge in [0, 0.05) is 14.7 Å². The number of rotatable bonds is 1. The lowest BCUT2D eigenvalue weighted by Gasteiger charge is -2.21. The number of aryl methyl sites for hydroxylation is 1. The molecule has 0 heterocycles. The van der Waals surface area contributed by atoms with Gasteiger partial charge in [0.1, 0.15) is 0 Å². The molecule has 1 amide bonds. The molecule has 0 atom stereocenters. The molecule has 0 bridgehead atoms. The van der Waals surface area contributed by atoms with Gasteiger partial charge in [-0.3, -0.25) is 4.79 Å². The SMILES string of the molecule is Cc1ccc(I)cc1C(=O)NC(C)(C)C. The highest BCUT2D eigenvalue weighted by molar-refractivity contribution is 14.1.